The molecule has 2 aromatic rings. The second-order valence-electron chi connectivity index (χ2n) is 10.4. The Morgan fingerprint density at radius 2 is 2.08 bits per heavy atom. The number of nitrogens with one attached hydrogen (secondary N) is 2. The van der Waals surface area contributed by atoms with Crippen molar-refractivity contribution >= 4 is 28.8 Å². The van der Waals surface area contributed by atoms with Crippen LogP contribution < -0.4 is 5.32 Å². The molecule has 3 atom stereocenters. The fourth-order valence-corrected chi connectivity index (χ4v) is 6.14. The molecule has 2 heterocycles. The third-order valence-electron chi connectivity index (χ3n) is 7.75. The van der Waals surface area contributed by atoms with Gasteiger partial charge in [-0.25, -0.2) is 4.79 Å². The summed E-state index contributed by atoms with van der Waals surface area (Å²) in [7, 11) is 1.84. The second-order valence-corrected chi connectivity index (χ2v) is 10.4. The van der Waals surface area contributed by atoms with Crippen LogP contribution in [0.4, 0.5) is 4.79 Å². The Kier molecular flexibility index (Phi) is 9.22. The number of aromatic amines is 1. The highest BCUT2D eigenvalue weighted by Gasteiger charge is 2.43. The molecule has 1 fully saturated rings. The van der Waals surface area contributed by atoms with Crippen LogP contribution in [0.15, 0.2) is 37.1 Å². The second kappa shape index (κ2) is 12.6. The Morgan fingerprint density at radius 3 is 2.82 bits per heavy atom. The quantitative estimate of drug-likeness (QED) is 0.347. The number of aromatic nitrogens is 1. The number of rotatable bonds is 11. The molecular formula is C29H41N5O4. The maximum absolute atomic E-state index is 13.9. The van der Waals surface area contributed by atoms with Crippen LogP contribution in [-0.2, 0) is 20.7 Å². The maximum atomic E-state index is 13.9. The molecule has 1 saturated heterocycles. The maximum Gasteiger partial charge on any atom is 0.324 e. The van der Waals surface area contributed by atoms with Crippen molar-refractivity contribution in [1.29, 1.82) is 0 Å². The van der Waals surface area contributed by atoms with Crippen molar-refractivity contribution in [3.63, 3.8) is 0 Å². The molecule has 0 radical (unpaired) electrons. The molecule has 3 amide bonds. The summed E-state index contributed by atoms with van der Waals surface area (Å²) in [6.07, 6.45) is 6.23. The highest BCUT2D eigenvalue weighted by Crippen LogP contribution is 2.45. The van der Waals surface area contributed by atoms with Crippen LogP contribution in [0.3, 0.4) is 0 Å². The molecule has 2 aliphatic rings. The van der Waals surface area contributed by atoms with E-state index in [1.54, 1.807) is 6.92 Å². The normalized spacial score (nSPS) is 20.7. The average molecular weight is 524 g/mol. The molecule has 206 valence electrons. The van der Waals surface area contributed by atoms with Crippen LogP contribution in [0.1, 0.15) is 43.7 Å². The number of carbonyl (C=O) groups excluding carboxylic acids is 3. The molecule has 4 rings (SSSR count). The van der Waals surface area contributed by atoms with Gasteiger partial charge in [-0.15, -0.1) is 6.58 Å². The molecule has 38 heavy (non-hydrogen) atoms. The Bertz CT molecular complexity index is 1160. The van der Waals surface area contributed by atoms with Crippen LogP contribution in [0.5, 0.6) is 0 Å². The minimum Gasteiger partial charge on any atom is -0.465 e. The van der Waals surface area contributed by atoms with Crippen molar-refractivity contribution in [2.24, 2.45) is 5.92 Å². The van der Waals surface area contributed by atoms with Gasteiger partial charge in [0.05, 0.1) is 19.1 Å². The summed E-state index contributed by atoms with van der Waals surface area (Å²) in [5.74, 6) is -0.509. The molecule has 1 aliphatic carbocycles. The van der Waals surface area contributed by atoms with Crippen LogP contribution in [0.2, 0.25) is 0 Å². The van der Waals surface area contributed by atoms with Gasteiger partial charge < -0.3 is 15.0 Å². The number of carbonyl (C=O) groups is 3. The number of amides is 3. The number of H-pyrrole nitrogens is 1. The number of likely N-dealkylation sites (N-methyl/N-ethyl adjacent to an activating group) is 1. The van der Waals surface area contributed by atoms with Crippen LogP contribution in [0.25, 0.3) is 10.9 Å². The van der Waals surface area contributed by atoms with Crippen molar-refractivity contribution in [1.82, 2.24) is 25.0 Å². The first-order valence-electron chi connectivity index (χ1n) is 13.7. The van der Waals surface area contributed by atoms with Crippen LogP contribution in [-0.4, -0.2) is 96.6 Å². The molecule has 0 bridgehead atoms. The van der Waals surface area contributed by atoms with Crippen molar-refractivity contribution in [3.8, 4) is 0 Å². The minimum atomic E-state index is -0.360. The molecule has 0 spiro atoms. The number of piperidine rings is 1. The summed E-state index contributed by atoms with van der Waals surface area (Å²) in [5.41, 5.74) is 3.74. The van der Waals surface area contributed by atoms with Crippen molar-refractivity contribution in [2.75, 3.05) is 52.9 Å². The molecule has 2 unspecified atom stereocenters. The summed E-state index contributed by atoms with van der Waals surface area (Å²) in [5, 5.41) is 4.10. The predicted octanol–water partition coefficient (Wildman–Crippen LogP) is 3.13. The largest absolute Gasteiger partial charge is 0.465 e. The molecule has 9 nitrogen and oxygen atoms in total. The number of hydrogen-bond donors (Lipinski definition) is 2. The molecular weight excluding hydrogens is 482 g/mol. The fourth-order valence-electron chi connectivity index (χ4n) is 6.14. The number of benzene rings is 1. The first kappa shape index (κ1) is 27.9. The molecule has 2 N–H and O–H groups in total. The summed E-state index contributed by atoms with van der Waals surface area (Å²) >= 11 is 0. The topological polar surface area (TPSA) is 98.0 Å². The average Bonchev–Trinajstić information content (AvgIpc) is 3.31. The van der Waals surface area contributed by atoms with E-state index < -0.39 is 0 Å². The van der Waals surface area contributed by atoms with E-state index in [4.69, 9.17) is 4.74 Å². The zero-order chi connectivity index (χ0) is 27.2. The third kappa shape index (κ3) is 5.94. The van der Waals surface area contributed by atoms with Gasteiger partial charge in [0.25, 0.3) is 0 Å². The van der Waals surface area contributed by atoms with Gasteiger partial charge in [-0.2, -0.15) is 0 Å². The molecule has 1 aromatic carbocycles. The van der Waals surface area contributed by atoms with E-state index >= 15 is 0 Å². The summed E-state index contributed by atoms with van der Waals surface area (Å²) in [6, 6.07) is 6.31. The molecule has 1 aromatic heterocycles. The van der Waals surface area contributed by atoms with Gasteiger partial charge in [-0.3, -0.25) is 24.3 Å². The standard InChI is InChI=1S/C29H41N5O4/c1-5-12-33-18-21(15-23-22-10-8-11-24-27(22)20(17-31-24)16-25(23)33)28(36)34(29(37)30-6-2)14-9-13-32(4)19-26(35)38-7-3/h5,8,10-11,17,21,23,25,31H,1,6-7,9,12-16,18-19H2,2-4H3,(H,30,37)/t21?,23?,25-/m1/s1. The van der Waals surface area contributed by atoms with Crippen molar-refractivity contribution < 1.29 is 19.1 Å². The first-order chi connectivity index (χ1) is 18.4. The lowest BCUT2D eigenvalue weighted by Crippen LogP contribution is -2.55. The zero-order valence-electron chi connectivity index (χ0n) is 22.9. The Labute approximate surface area is 225 Å². The van der Waals surface area contributed by atoms with Gasteiger partial charge in [0.1, 0.15) is 0 Å². The van der Waals surface area contributed by atoms with E-state index in [0.717, 1.165) is 11.9 Å². The van der Waals surface area contributed by atoms with E-state index in [9.17, 15) is 14.4 Å². The molecule has 1 aliphatic heterocycles. The van der Waals surface area contributed by atoms with Gasteiger partial charge in [0.2, 0.25) is 5.91 Å². The van der Waals surface area contributed by atoms with E-state index in [-0.39, 0.29) is 36.3 Å². The third-order valence-corrected chi connectivity index (χ3v) is 7.75. The lowest BCUT2D eigenvalue weighted by atomic mass is 9.72. The van der Waals surface area contributed by atoms with Crippen molar-refractivity contribution in [2.45, 2.75) is 45.1 Å². The fraction of sp³-hybridized carbons (Fsp3) is 0.552. The number of imide groups is 1. The van der Waals surface area contributed by atoms with Gasteiger partial charge in [-0.05, 0) is 57.4 Å². The summed E-state index contributed by atoms with van der Waals surface area (Å²) in [6.45, 7) is 10.7. The number of likely N-dealkylation sites (tertiary alicyclic amines) is 1. The Hall–Kier alpha value is -3.17. The zero-order valence-corrected chi connectivity index (χ0v) is 22.9. The number of ether oxygens (including phenoxy) is 1. The summed E-state index contributed by atoms with van der Waals surface area (Å²) < 4.78 is 5.02. The van der Waals surface area contributed by atoms with Gasteiger partial charge in [0.15, 0.2) is 0 Å². The van der Waals surface area contributed by atoms with Crippen LogP contribution >= 0.6 is 0 Å². The van der Waals surface area contributed by atoms with E-state index in [1.165, 1.54) is 21.4 Å². The van der Waals surface area contributed by atoms with Crippen molar-refractivity contribution in [3.05, 3.63) is 48.2 Å². The van der Waals surface area contributed by atoms with Crippen LogP contribution in [0, 0.1) is 5.92 Å². The molecule has 0 saturated carbocycles. The number of nitrogens with zero attached hydrogens (tertiary/aromatic N) is 3. The first-order valence-corrected chi connectivity index (χ1v) is 13.7. The lowest BCUT2D eigenvalue weighted by molar-refractivity contribution is -0.144. The number of urea groups is 1. The number of fused-ring (bicyclic) bond motifs is 2. The summed E-state index contributed by atoms with van der Waals surface area (Å²) in [4.78, 5) is 47.7. The van der Waals surface area contributed by atoms with Gasteiger partial charge in [-0.1, -0.05) is 18.2 Å². The minimum absolute atomic E-state index is 0.136. The van der Waals surface area contributed by atoms with Gasteiger partial charge >= 0.3 is 12.0 Å². The Morgan fingerprint density at radius 1 is 1.26 bits per heavy atom. The highest BCUT2D eigenvalue weighted by atomic mass is 16.5. The lowest BCUT2D eigenvalue weighted by Gasteiger charge is -2.47. The predicted molar refractivity (Wildman–Crippen MR) is 148 cm³/mol. The number of esters is 1. The smallest absolute Gasteiger partial charge is 0.324 e. The van der Waals surface area contributed by atoms with Gasteiger partial charge in [0, 0.05) is 61.8 Å². The van der Waals surface area contributed by atoms with E-state index in [0.29, 0.717) is 58.2 Å². The highest BCUT2D eigenvalue weighted by molar-refractivity contribution is 5.96. The Balaban J connectivity index is 1.51. The SMILES string of the molecule is C=CCN1CC(C(=O)N(CCCN(C)CC(=O)OCC)C(=O)NCC)CC2c3cccc4[nH]cc(c34)C[C@H]21. The monoisotopic (exact) mass is 523 g/mol. The molecule has 9 heteroatoms. The van der Waals surface area contributed by atoms with E-state index in [1.807, 2.05) is 24.9 Å². The number of hydrogen-bond acceptors (Lipinski definition) is 6. The van der Waals surface area contributed by atoms with E-state index in [2.05, 4.69) is 46.2 Å².